The molecule has 0 radical (unpaired) electrons. The van der Waals surface area contributed by atoms with Crippen LogP contribution in [0.1, 0.15) is 43.5 Å². The molecular formula is C14H20N4O. The second-order valence-electron chi connectivity index (χ2n) is 4.70. The van der Waals surface area contributed by atoms with Crippen molar-refractivity contribution in [1.82, 2.24) is 10.2 Å². The second kappa shape index (κ2) is 6.48. The number of nitriles is 1. The number of nitrogens with zero attached hydrogens (tertiary/aromatic N) is 3. The summed E-state index contributed by atoms with van der Waals surface area (Å²) in [7, 11) is 0. The maximum Gasteiger partial charge on any atom is 0.167 e. The molecule has 102 valence electrons. The van der Waals surface area contributed by atoms with E-state index in [2.05, 4.69) is 28.5 Å². The van der Waals surface area contributed by atoms with E-state index < -0.39 is 0 Å². The summed E-state index contributed by atoms with van der Waals surface area (Å²) < 4.78 is 5.33. The van der Waals surface area contributed by atoms with Gasteiger partial charge in [0.1, 0.15) is 11.6 Å². The molecule has 1 aromatic heterocycles. The predicted octanol–water partition coefficient (Wildman–Crippen LogP) is 2.06. The summed E-state index contributed by atoms with van der Waals surface area (Å²) in [6, 6.07) is 2.61. The van der Waals surface area contributed by atoms with Crippen LogP contribution < -0.4 is 5.32 Å². The fourth-order valence-corrected chi connectivity index (χ4v) is 2.43. The Morgan fingerprint density at radius 2 is 2.00 bits per heavy atom. The summed E-state index contributed by atoms with van der Waals surface area (Å²) in [6.07, 6.45) is 3.51. The molecule has 1 N–H and O–H groups in total. The van der Waals surface area contributed by atoms with Gasteiger partial charge in [0.05, 0.1) is 5.69 Å². The Morgan fingerprint density at radius 1 is 1.26 bits per heavy atom. The van der Waals surface area contributed by atoms with Crippen molar-refractivity contribution in [3.8, 4) is 6.07 Å². The Morgan fingerprint density at radius 3 is 2.58 bits per heavy atom. The second-order valence-corrected chi connectivity index (χ2v) is 4.70. The fourth-order valence-electron chi connectivity index (χ4n) is 2.43. The molecule has 2 heterocycles. The first-order valence-corrected chi connectivity index (χ1v) is 6.92. The third-order valence-corrected chi connectivity index (χ3v) is 3.52. The molecule has 0 spiro atoms. The standard InChI is InChI=1S/C14H20N4O/c1-3-11-12(9-15)14(18-17-13(11)4-2)16-10-5-7-19-8-6-10/h10H,3-8H2,1-2H3,(H,16,18). The Kier molecular flexibility index (Phi) is 4.69. The molecule has 5 heteroatoms. The van der Waals surface area contributed by atoms with E-state index in [1.165, 1.54) is 0 Å². The molecule has 0 atom stereocenters. The van der Waals surface area contributed by atoms with E-state index in [4.69, 9.17) is 4.74 Å². The molecule has 0 aromatic carbocycles. The van der Waals surface area contributed by atoms with Gasteiger partial charge in [0, 0.05) is 19.3 Å². The number of anilines is 1. The maximum absolute atomic E-state index is 9.40. The highest BCUT2D eigenvalue weighted by molar-refractivity contribution is 5.56. The number of nitrogens with one attached hydrogen (secondary N) is 1. The molecule has 2 rings (SSSR count). The number of ether oxygens (including phenoxy) is 1. The average Bonchev–Trinajstić information content (AvgIpc) is 2.47. The van der Waals surface area contributed by atoms with E-state index >= 15 is 0 Å². The van der Waals surface area contributed by atoms with Gasteiger partial charge in [0.25, 0.3) is 0 Å². The van der Waals surface area contributed by atoms with E-state index in [1.807, 2.05) is 6.92 Å². The molecule has 1 aliphatic rings. The van der Waals surface area contributed by atoms with Crippen molar-refractivity contribution in [2.75, 3.05) is 18.5 Å². The summed E-state index contributed by atoms with van der Waals surface area (Å²) in [5.41, 5.74) is 2.60. The quantitative estimate of drug-likeness (QED) is 0.897. The average molecular weight is 260 g/mol. The van der Waals surface area contributed by atoms with Gasteiger partial charge < -0.3 is 10.1 Å². The first-order chi connectivity index (χ1) is 9.30. The molecular weight excluding hydrogens is 240 g/mol. The van der Waals surface area contributed by atoms with Crippen LogP contribution in [-0.2, 0) is 17.6 Å². The summed E-state index contributed by atoms with van der Waals surface area (Å²) in [5.74, 6) is 0.628. The van der Waals surface area contributed by atoms with Gasteiger partial charge in [-0.05, 0) is 31.2 Å². The highest BCUT2D eigenvalue weighted by atomic mass is 16.5. The molecule has 0 amide bonds. The van der Waals surface area contributed by atoms with Gasteiger partial charge in [-0.25, -0.2) is 0 Å². The van der Waals surface area contributed by atoms with Crippen LogP contribution in [-0.4, -0.2) is 29.5 Å². The van der Waals surface area contributed by atoms with Crippen LogP contribution in [0.15, 0.2) is 0 Å². The van der Waals surface area contributed by atoms with Crippen LogP contribution in [0.3, 0.4) is 0 Å². The molecule has 1 aliphatic heterocycles. The summed E-state index contributed by atoms with van der Waals surface area (Å²) in [6.45, 7) is 5.62. The van der Waals surface area contributed by atoms with Gasteiger partial charge >= 0.3 is 0 Å². The van der Waals surface area contributed by atoms with Crippen LogP contribution in [0.4, 0.5) is 5.82 Å². The lowest BCUT2D eigenvalue weighted by molar-refractivity contribution is 0.0903. The third-order valence-electron chi connectivity index (χ3n) is 3.52. The minimum atomic E-state index is 0.326. The van der Waals surface area contributed by atoms with Gasteiger partial charge in [-0.15, -0.1) is 5.10 Å². The zero-order valence-corrected chi connectivity index (χ0v) is 11.6. The molecule has 1 fully saturated rings. The highest BCUT2D eigenvalue weighted by Crippen LogP contribution is 2.22. The summed E-state index contributed by atoms with van der Waals surface area (Å²) in [5, 5.41) is 21.2. The van der Waals surface area contributed by atoms with E-state index in [1.54, 1.807) is 0 Å². The fraction of sp³-hybridized carbons (Fsp3) is 0.643. The number of hydrogen-bond donors (Lipinski definition) is 1. The molecule has 0 bridgehead atoms. The molecule has 5 nitrogen and oxygen atoms in total. The Hall–Kier alpha value is -1.67. The van der Waals surface area contributed by atoms with Crippen molar-refractivity contribution in [3.05, 3.63) is 16.8 Å². The SMILES string of the molecule is CCc1nnc(NC2CCOCC2)c(C#N)c1CC. The number of rotatable bonds is 4. The van der Waals surface area contributed by atoms with Crippen LogP contribution in [0.25, 0.3) is 0 Å². The summed E-state index contributed by atoms with van der Waals surface area (Å²) >= 11 is 0. The molecule has 19 heavy (non-hydrogen) atoms. The van der Waals surface area contributed by atoms with E-state index in [-0.39, 0.29) is 0 Å². The molecule has 0 saturated carbocycles. The van der Waals surface area contributed by atoms with Crippen LogP contribution in [0.5, 0.6) is 0 Å². The largest absolute Gasteiger partial charge is 0.381 e. The number of aromatic nitrogens is 2. The van der Waals surface area contributed by atoms with E-state index in [0.717, 1.165) is 50.2 Å². The van der Waals surface area contributed by atoms with Crippen molar-refractivity contribution in [2.45, 2.75) is 45.6 Å². The van der Waals surface area contributed by atoms with Crippen molar-refractivity contribution in [3.63, 3.8) is 0 Å². The van der Waals surface area contributed by atoms with Crippen LogP contribution >= 0.6 is 0 Å². The van der Waals surface area contributed by atoms with Crippen molar-refractivity contribution in [1.29, 1.82) is 5.26 Å². The molecule has 1 saturated heterocycles. The van der Waals surface area contributed by atoms with Gasteiger partial charge in [0.15, 0.2) is 5.82 Å². The monoisotopic (exact) mass is 260 g/mol. The summed E-state index contributed by atoms with van der Waals surface area (Å²) in [4.78, 5) is 0. The number of aryl methyl sites for hydroxylation is 1. The van der Waals surface area contributed by atoms with Gasteiger partial charge in [-0.2, -0.15) is 10.4 Å². The lowest BCUT2D eigenvalue weighted by Crippen LogP contribution is -2.29. The first-order valence-electron chi connectivity index (χ1n) is 6.92. The minimum Gasteiger partial charge on any atom is -0.381 e. The first kappa shape index (κ1) is 13.8. The van der Waals surface area contributed by atoms with E-state index in [9.17, 15) is 5.26 Å². The van der Waals surface area contributed by atoms with Crippen LogP contribution in [0, 0.1) is 11.3 Å². The van der Waals surface area contributed by atoms with Gasteiger partial charge in [0.2, 0.25) is 0 Å². The van der Waals surface area contributed by atoms with Crippen molar-refractivity contribution < 1.29 is 4.74 Å². The molecule has 1 aromatic rings. The van der Waals surface area contributed by atoms with Gasteiger partial charge in [-0.1, -0.05) is 13.8 Å². The lowest BCUT2D eigenvalue weighted by Gasteiger charge is -2.24. The predicted molar refractivity (Wildman–Crippen MR) is 73.0 cm³/mol. The van der Waals surface area contributed by atoms with E-state index in [0.29, 0.717) is 17.4 Å². The van der Waals surface area contributed by atoms with Gasteiger partial charge in [-0.3, -0.25) is 0 Å². The number of hydrogen-bond acceptors (Lipinski definition) is 5. The lowest BCUT2D eigenvalue weighted by atomic mass is 10.0. The van der Waals surface area contributed by atoms with Crippen molar-refractivity contribution >= 4 is 5.82 Å². The smallest absolute Gasteiger partial charge is 0.167 e. The zero-order chi connectivity index (χ0) is 13.7. The Balaban J connectivity index is 2.27. The minimum absolute atomic E-state index is 0.326. The molecule has 0 unspecified atom stereocenters. The normalized spacial score (nSPS) is 16.1. The molecule has 0 aliphatic carbocycles. The Bertz CT molecular complexity index is 475. The highest BCUT2D eigenvalue weighted by Gasteiger charge is 2.19. The Labute approximate surface area is 114 Å². The topological polar surface area (TPSA) is 70.8 Å². The van der Waals surface area contributed by atoms with Crippen LogP contribution in [0.2, 0.25) is 0 Å². The zero-order valence-electron chi connectivity index (χ0n) is 11.6. The van der Waals surface area contributed by atoms with Crippen molar-refractivity contribution in [2.24, 2.45) is 0 Å². The maximum atomic E-state index is 9.40. The third kappa shape index (κ3) is 3.02.